The van der Waals surface area contributed by atoms with Crippen LogP contribution in [0.3, 0.4) is 0 Å². The summed E-state index contributed by atoms with van der Waals surface area (Å²) in [5, 5.41) is 0. The molecule has 1 saturated heterocycles. The van der Waals surface area contributed by atoms with Crippen LogP contribution in [0.1, 0.15) is 5.56 Å². The minimum atomic E-state index is -0.398. The smallest absolute Gasteiger partial charge is 0.183 e. The molecule has 0 radical (unpaired) electrons. The molecular formula is C16H19FN4O. The van der Waals surface area contributed by atoms with Gasteiger partial charge in [-0.2, -0.15) is 0 Å². The Bertz CT molecular complexity index is 627. The number of nitrogens with two attached hydrogens (primary N) is 1. The van der Waals surface area contributed by atoms with Gasteiger partial charge in [-0.3, -0.25) is 0 Å². The Morgan fingerprint density at radius 3 is 2.59 bits per heavy atom. The minimum absolute atomic E-state index is 0.347. The maximum Gasteiger partial charge on any atom is 0.183 e. The number of hydrogen-bond donors (Lipinski definition) is 1. The molecule has 1 fully saturated rings. The van der Waals surface area contributed by atoms with Crippen LogP contribution in [-0.4, -0.2) is 42.8 Å². The molecule has 0 unspecified atom stereocenters. The van der Waals surface area contributed by atoms with Gasteiger partial charge in [-0.1, -0.05) is 24.3 Å². The van der Waals surface area contributed by atoms with Crippen LogP contribution in [0.2, 0.25) is 0 Å². The van der Waals surface area contributed by atoms with E-state index in [0.29, 0.717) is 44.5 Å². The Labute approximate surface area is 128 Å². The third kappa shape index (κ3) is 3.23. The zero-order valence-electron chi connectivity index (χ0n) is 12.3. The molecule has 1 aliphatic rings. The lowest BCUT2D eigenvalue weighted by molar-refractivity contribution is 0.122. The van der Waals surface area contributed by atoms with E-state index in [0.717, 1.165) is 12.0 Å². The van der Waals surface area contributed by atoms with Crippen molar-refractivity contribution in [3.8, 4) is 11.4 Å². The summed E-state index contributed by atoms with van der Waals surface area (Å²) in [6.07, 6.45) is 2.07. The lowest BCUT2D eigenvalue weighted by Crippen LogP contribution is -2.37. The van der Waals surface area contributed by atoms with Gasteiger partial charge in [-0.15, -0.1) is 0 Å². The lowest BCUT2D eigenvalue weighted by Gasteiger charge is -2.28. The van der Waals surface area contributed by atoms with Gasteiger partial charge < -0.3 is 15.4 Å². The number of ether oxygens (including phenoxy) is 1. The molecule has 5 nitrogen and oxygen atoms in total. The molecule has 1 aromatic carbocycles. The van der Waals surface area contributed by atoms with E-state index in [1.165, 1.54) is 11.8 Å². The molecule has 1 aromatic heterocycles. The first-order valence-corrected chi connectivity index (χ1v) is 7.42. The van der Waals surface area contributed by atoms with Crippen LogP contribution in [-0.2, 0) is 11.2 Å². The maximum absolute atomic E-state index is 14.0. The van der Waals surface area contributed by atoms with Crippen molar-refractivity contribution in [2.75, 3.05) is 37.7 Å². The summed E-state index contributed by atoms with van der Waals surface area (Å²) in [5.74, 6) is 0.479. The quantitative estimate of drug-likeness (QED) is 0.930. The van der Waals surface area contributed by atoms with Gasteiger partial charge in [0.1, 0.15) is 0 Å². The number of hydrogen-bond acceptors (Lipinski definition) is 5. The highest BCUT2D eigenvalue weighted by Crippen LogP contribution is 2.22. The van der Waals surface area contributed by atoms with Crippen molar-refractivity contribution in [2.45, 2.75) is 6.42 Å². The second-order valence-electron chi connectivity index (χ2n) is 5.20. The summed E-state index contributed by atoms with van der Waals surface area (Å²) in [4.78, 5) is 10.4. The first kappa shape index (κ1) is 14.9. The highest BCUT2D eigenvalue weighted by Gasteiger charge is 2.18. The van der Waals surface area contributed by atoms with Gasteiger partial charge in [-0.25, -0.2) is 14.4 Å². The van der Waals surface area contributed by atoms with Crippen molar-refractivity contribution in [1.82, 2.24) is 9.97 Å². The van der Waals surface area contributed by atoms with Crippen LogP contribution in [0, 0.1) is 5.82 Å². The predicted octanol–water partition coefficient (Wildman–Crippen LogP) is 1.62. The summed E-state index contributed by atoms with van der Waals surface area (Å²) < 4.78 is 19.3. The van der Waals surface area contributed by atoms with Gasteiger partial charge >= 0.3 is 0 Å². The molecule has 116 valence electrons. The summed E-state index contributed by atoms with van der Waals surface area (Å²) in [6.45, 7) is 3.08. The molecular weight excluding hydrogens is 283 g/mol. The molecule has 0 spiro atoms. The fourth-order valence-corrected chi connectivity index (χ4v) is 2.48. The summed E-state index contributed by atoms with van der Waals surface area (Å²) in [6, 6.07) is 7.90. The molecule has 6 heteroatoms. The van der Waals surface area contributed by atoms with Gasteiger partial charge in [0.25, 0.3) is 0 Å². The summed E-state index contributed by atoms with van der Waals surface area (Å²) in [5.41, 5.74) is 7.59. The van der Waals surface area contributed by atoms with Crippen molar-refractivity contribution in [3.05, 3.63) is 41.8 Å². The first-order chi connectivity index (χ1) is 10.8. The monoisotopic (exact) mass is 302 g/mol. The average molecular weight is 302 g/mol. The fraction of sp³-hybridized carbons (Fsp3) is 0.375. The van der Waals surface area contributed by atoms with Crippen molar-refractivity contribution < 1.29 is 9.13 Å². The van der Waals surface area contributed by atoms with Crippen LogP contribution in [0.4, 0.5) is 10.2 Å². The lowest BCUT2D eigenvalue weighted by atomic mass is 10.1. The van der Waals surface area contributed by atoms with Crippen molar-refractivity contribution >= 4 is 5.82 Å². The van der Waals surface area contributed by atoms with Crippen LogP contribution in [0.25, 0.3) is 11.4 Å². The van der Waals surface area contributed by atoms with Crippen molar-refractivity contribution in [3.63, 3.8) is 0 Å². The van der Waals surface area contributed by atoms with Crippen LogP contribution in [0.15, 0.2) is 30.5 Å². The Hall–Kier alpha value is -2.05. The van der Waals surface area contributed by atoms with E-state index in [-0.39, 0.29) is 0 Å². The summed E-state index contributed by atoms with van der Waals surface area (Å²) in [7, 11) is 0. The average Bonchev–Trinajstić information content (AvgIpc) is 2.57. The highest BCUT2D eigenvalue weighted by atomic mass is 19.1. The zero-order valence-corrected chi connectivity index (χ0v) is 12.3. The first-order valence-electron chi connectivity index (χ1n) is 7.42. The van der Waals surface area contributed by atoms with E-state index < -0.39 is 5.82 Å². The van der Waals surface area contributed by atoms with Gasteiger partial charge in [0, 0.05) is 18.7 Å². The van der Waals surface area contributed by atoms with E-state index in [1.807, 2.05) is 29.2 Å². The fourth-order valence-electron chi connectivity index (χ4n) is 2.48. The van der Waals surface area contributed by atoms with Crippen molar-refractivity contribution in [1.29, 1.82) is 0 Å². The van der Waals surface area contributed by atoms with Gasteiger partial charge in [0.2, 0.25) is 0 Å². The molecule has 0 atom stereocenters. The number of nitrogens with zero attached hydrogens (tertiary/aromatic N) is 3. The normalized spacial score (nSPS) is 15.1. The van der Waals surface area contributed by atoms with E-state index >= 15 is 0 Å². The molecule has 2 aromatic rings. The topological polar surface area (TPSA) is 64.3 Å². The zero-order chi connectivity index (χ0) is 15.4. The Balaban J connectivity index is 1.87. The van der Waals surface area contributed by atoms with Gasteiger partial charge in [0.05, 0.1) is 19.4 Å². The predicted molar refractivity (Wildman–Crippen MR) is 83.2 cm³/mol. The molecule has 0 amide bonds. The van der Waals surface area contributed by atoms with Crippen LogP contribution >= 0.6 is 0 Å². The number of halogens is 1. The highest BCUT2D eigenvalue weighted by molar-refractivity contribution is 5.58. The van der Waals surface area contributed by atoms with Gasteiger partial charge in [0.15, 0.2) is 17.5 Å². The third-order valence-electron chi connectivity index (χ3n) is 3.68. The Morgan fingerprint density at radius 2 is 1.91 bits per heavy atom. The number of aromatic nitrogens is 2. The van der Waals surface area contributed by atoms with Gasteiger partial charge in [-0.05, 0) is 18.5 Å². The molecule has 0 aliphatic carbocycles. The number of rotatable bonds is 4. The third-order valence-corrected chi connectivity index (χ3v) is 3.68. The Kier molecular flexibility index (Phi) is 4.60. The summed E-state index contributed by atoms with van der Waals surface area (Å²) >= 11 is 0. The second kappa shape index (κ2) is 6.81. The van der Waals surface area contributed by atoms with E-state index in [1.54, 1.807) is 0 Å². The Morgan fingerprint density at radius 1 is 1.18 bits per heavy atom. The molecule has 0 bridgehead atoms. The SMILES string of the molecule is NCCc1ccc(-c2ncc(F)c(N3CCOCC3)n2)cc1. The molecule has 0 saturated carbocycles. The minimum Gasteiger partial charge on any atom is -0.378 e. The van der Waals surface area contributed by atoms with Crippen LogP contribution in [0.5, 0.6) is 0 Å². The molecule has 3 rings (SSSR count). The van der Waals surface area contributed by atoms with Crippen LogP contribution < -0.4 is 10.6 Å². The number of anilines is 1. The standard InChI is InChI=1S/C16H19FN4O/c17-14-11-19-15(13-3-1-12(2-4-13)5-6-18)20-16(14)21-7-9-22-10-8-21/h1-4,11H,5-10,18H2. The van der Waals surface area contributed by atoms with E-state index in [9.17, 15) is 4.39 Å². The molecule has 2 heterocycles. The van der Waals surface area contributed by atoms with E-state index in [2.05, 4.69) is 9.97 Å². The maximum atomic E-state index is 14.0. The second-order valence-corrected chi connectivity index (χ2v) is 5.20. The van der Waals surface area contributed by atoms with E-state index in [4.69, 9.17) is 10.5 Å². The molecule has 1 aliphatic heterocycles. The largest absolute Gasteiger partial charge is 0.378 e. The van der Waals surface area contributed by atoms with Crippen molar-refractivity contribution in [2.24, 2.45) is 5.73 Å². The number of benzene rings is 1. The number of morpholine rings is 1. The molecule has 2 N–H and O–H groups in total. The molecule has 22 heavy (non-hydrogen) atoms.